The summed E-state index contributed by atoms with van der Waals surface area (Å²) in [6.07, 6.45) is 1.46. The van der Waals surface area contributed by atoms with Gasteiger partial charge < -0.3 is 5.73 Å². The van der Waals surface area contributed by atoms with E-state index in [1.807, 2.05) is 12.1 Å². The molecule has 26 heavy (non-hydrogen) atoms. The number of amides is 1. The second kappa shape index (κ2) is 7.59. The van der Waals surface area contributed by atoms with E-state index in [4.69, 9.17) is 28.9 Å². The molecule has 8 heteroatoms. The summed E-state index contributed by atoms with van der Waals surface area (Å²) in [5, 5.41) is 9.31. The van der Waals surface area contributed by atoms with Gasteiger partial charge in [-0.1, -0.05) is 29.3 Å². The highest BCUT2D eigenvalue weighted by molar-refractivity contribution is 6.32. The van der Waals surface area contributed by atoms with Crippen LogP contribution in [0.25, 0.3) is 5.69 Å². The van der Waals surface area contributed by atoms with Gasteiger partial charge in [0.05, 0.1) is 23.2 Å². The Kier molecular flexibility index (Phi) is 5.25. The van der Waals surface area contributed by atoms with Crippen molar-refractivity contribution < 1.29 is 4.79 Å². The number of nitrogens with two attached hydrogens (primary N) is 1. The molecule has 0 unspecified atom stereocenters. The van der Waals surface area contributed by atoms with Gasteiger partial charge in [0, 0.05) is 16.3 Å². The summed E-state index contributed by atoms with van der Waals surface area (Å²) in [6.45, 7) is 1.80. The maximum Gasteiger partial charge on any atom is 0.271 e. The Bertz CT molecular complexity index is 980. The Labute approximate surface area is 160 Å². The number of aryl methyl sites for hydroxylation is 1. The molecule has 0 saturated heterocycles. The minimum absolute atomic E-state index is 0.350. The fourth-order valence-corrected chi connectivity index (χ4v) is 2.80. The van der Waals surface area contributed by atoms with Crippen LogP contribution in [0.1, 0.15) is 21.6 Å². The number of nitrogens with zero attached hydrogens (tertiary/aromatic N) is 3. The van der Waals surface area contributed by atoms with Crippen LogP contribution < -0.4 is 11.2 Å². The summed E-state index contributed by atoms with van der Waals surface area (Å²) in [4.78, 5) is 12.0. The van der Waals surface area contributed by atoms with Gasteiger partial charge in [-0.25, -0.2) is 10.1 Å². The Morgan fingerprint density at radius 3 is 2.65 bits per heavy atom. The van der Waals surface area contributed by atoms with Crippen molar-refractivity contribution in [2.45, 2.75) is 6.92 Å². The van der Waals surface area contributed by atoms with Crippen LogP contribution in [0.3, 0.4) is 0 Å². The molecule has 1 aromatic heterocycles. The number of anilines is 1. The lowest BCUT2D eigenvalue weighted by Gasteiger charge is -2.03. The zero-order chi connectivity index (χ0) is 18.7. The Balaban J connectivity index is 1.79. The third-order valence-electron chi connectivity index (χ3n) is 3.63. The number of hydrogen-bond acceptors (Lipinski definition) is 4. The second-order valence-corrected chi connectivity index (χ2v) is 6.30. The van der Waals surface area contributed by atoms with E-state index in [1.165, 1.54) is 6.21 Å². The van der Waals surface area contributed by atoms with Crippen LogP contribution in [0, 0.1) is 6.92 Å². The smallest absolute Gasteiger partial charge is 0.271 e. The highest BCUT2D eigenvalue weighted by Crippen LogP contribution is 2.23. The molecule has 0 aliphatic rings. The zero-order valence-electron chi connectivity index (χ0n) is 13.8. The van der Waals surface area contributed by atoms with E-state index in [0.717, 1.165) is 5.69 Å². The minimum Gasteiger partial charge on any atom is -0.399 e. The van der Waals surface area contributed by atoms with Gasteiger partial charge in [-0.05, 0) is 49.4 Å². The number of rotatable bonds is 4. The van der Waals surface area contributed by atoms with Gasteiger partial charge in [0.2, 0.25) is 0 Å². The molecule has 0 radical (unpaired) electrons. The first-order chi connectivity index (χ1) is 12.5. The average Bonchev–Trinajstić information content (AvgIpc) is 2.90. The third-order valence-corrected chi connectivity index (χ3v) is 4.23. The van der Waals surface area contributed by atoms with E-state index >= 15 is 0 Å². The lowest BCUT2D eigenvalue weighted by atomic mass is 10.2. The van der Waals surface area contributed by atoms with Crippen molar-refractivity contribution in [1.29, 1.82) is 0 Å². The van der Waals surface area contributed by atoms with E-state index in [0.29, 0.717) is 32.7 Å². The fourth-order valence-electron chi connectivity index (χ4n) is 2.29. The minimum atomic E-state index is -0.350. The standard InChI is InChI=1S/C18H15Cl2N5O/c1-11-16(10-22-23-18(26)12-5-7-14(21)8-6-12)17(20)25(24-11)15-4-2-3-13(19)9-15/h2-10H,21H2,1H3,(H,23,26). The summed E-state index contributed by atoms with van der Waals surface area (Å²) in [5.74, 6) is -0.350. The summed E-state index contributed by atoms with van der Waals surface area (Å²) in [7, 11) is 0. The fraction of sp³-hybridized carbons (Fsp3) is 0.0556. The number of nitrogens with one attached hydrogen (secondary N) is 1. The highest BCUT2D eigenvalue weighted by atomic mass is 35.5. The van der Waals surface area contributed by atoms with Crippen LogP contribution in [0.15, 0.2) is 53.6 Å². The molecule has 0 atom stereocenters. The largest absolute Gasteiger partial charge is 0.399 e. The maximum atomic E-state index is 12.0. The number of benzene rings is 2. The summed E-state index contributed by atoms with van der Waals surface area (Å²) in [6, 6.07) is 13.7. The first-order valence-electron chi connectivity index (χ1n) is 7.65. The normalized spacial score (nSPS) is 11.0. The molecule has 3 N–H and O–H groups in total. The molecule has 0 spiro atoms. The second-order valence-electron chi connectivity index (χ2n) is 5.50. The molecule has 3 rings (SSSR count). The van der Waals surface area contributed by atoms with Gasteiger partial charge in [0.1, 0.15) is 5.15 Å². The maximum absolute atomic E-state index is 12.0. The summed E-state index contributed by atoms with van der Waals surface area (Å²) < 4.78 is 1.56. The zero-order valence-corrected chi connectivity index (χ0v) is 15.3. The summed E-state index contributed by atoms with van der Waals surface area (Å²) in [5.41, 5.74) is 11.1. The van der Waals surface area contributed by atoms with Crippen molar-refractivity contribution >= 4 is 41.0 Å². The molecule has 3 aromatic rings. The topological polar surface area (TPSA) is 85.3 Å². The molecule has 1 amide bonds. The van der Waals surface area contributed by atoms with Crippen LogP contribution in [0.5, 0.6) is 0 Å². The predicted molar refractivity (Wildman–Crippen MR) is 104 cm³/mol. The number of carbonyl (C=O) groups excluding carboxylic acids is 1. The Morgan fingerprint density at radius 1 is 1.23 bits per heavy atom. The van der Waals surface area contributed by atoms with Crippen LogP contribution in [0.4, 0.5) is 5.69 Å². The molecular formula is C18H15Cl2N5O. The molecule has 132 valence electrons. The van der Waals surface area contributed by atoms with Crippen LogP contribution in [-0.4, -0.2) is 21.9 Å². The molecule has 1 heterocycles. The number of aromatic nitrogens is 2. The average molecular weight is 388 g/mol. The van der Waals surface area contributed by atoms with Crippen molar-refractivity contribution in [3.8, 4) is 5.69 Å². The molecule has 0 fully saturated rings. The van der Waals surface area contributed by atoms with E-state index in [1.54, 1.807) is 48.0 Å². The van der Waals surface area contributed by atoms with Crippen LogP contribution in [0.2, 0.25) is 10.2 Å². The predicted octanol–water partition coefficient (Wildman–Crippen LogP) is 3.83. The Hall–Kier alpha value is -2.83. The quantitative estimate of drug-likeness (QED) is 0.405. The van der Waals surface area contributed by atoms with Crippen molar-refractivity contribution in [2.75, 3.05) is 5.73 Å². The van der Waals surface area contributed by atoms with Gasteiger partial charge in [-0.15, -0.1) is 0 Å². The van der Waals surface area contributed by atoms with Crippen molar-refractivity contribution in [3.05, 3.63) is 75.5 Å². The molecule has 0 saturated carbocycles. The van der Waals surface area contributed by atoms with Gasteiger partial charge in [-0.2, -0.15) is 10.2 Å². The summed E-state index contributed by atoms with van der Waals surface area (Å²) >= 11 is 12.4. The van der Waals surface area contributed by atoms with Crippen molar-refractivity contribution in [1.82, 2.24) is 15.2 Å². The molecule has 2 aromatic carbocycles. The SMILES string of the molecule is Cc1nn(-c2cccc(Cl)c2)c(Cl)c1C=NNC(=O)c1ccc(N)cc1. The molecule has 0 aliphatic carbocycles. The van der Waals surface area contributed by atoms with Crippen LogP contribution in [-0.2, 0) is 0 Å². The van der Waals surface area contributed by atoms with Crippen molar-refractivity contribution in [2.24, 2.45) is 5.10 Å². The van der Waals surface area contributed by atoms with Gasteiger partial charge in [0.15, 0.2) is 0 Å². The number of halogens is 2. The highest BCUT2D eigenvalue weighted by Gasteiger charge is 2.13. The number of nitrogen functional groups attached to an aromatic ring is 1. The van der Waals surface area contributed by atoms with Gasteiger partial charge in [-0.3, -0.25) is 4.79 Å². The van der Waals surface area contributed by atoms with E-state index in [9.17, 15) is 4.79 Å². The lowest BCUT2D eigenvalue weighted by Crippen LogP contribution is -2.17. The first kappa shape index (κ1) is 18.0. The number of carbonyl (C=O) groups is 1. The Morgan fingerprint density at radius 2 is 1.96 bits per heavy atom. The molecule has 0 bridgehead atoms. The third kappa shape index (κ3) is 3.87. The van der Waals surface area contributed by atoms with Gasteiger partial charge >= 0.3 is 0 Å². The van der Waals surface area contributed by atoms with E-state index in [-0.39, 0.29) is 5.91 Å². The number of hydrazone groups is 1. The van der Waals surface area contributed by atoms with Gasteiger partial charge in [0.25, 0.3) is 5.91 Å². The first-order valence-corrected chi connectivity index (χ1v) is 8.41. The van der Waals surface area contributed by atoms with E-state index in [2.05, 4.69) is 15.6 Å². The van der Waals surface area contributed by atoms with E-state index < -0.39 is 0 Å². The van der Waals surface area contributed by atoms with Crippen LogP contribution >= 0.6 is 23.2 Å². The number of hydrogen-bond donors (Lipinski definition) is 2. The molecule has 6 nitrogen and oxygen atoms in total. The molecule has 0 aliphatic heterocycles. The molecular weight excluding hydrogens is 373 g/mol. The lowest BCUT2D eigenvalue weighted by molar-refractivity contribution is 0.0955. The van der Waals surface area contributed by atoms with Crippen molar-refractivity contribution in [3.63, 3.8) is 0 Å². The monoisotopic (exact) mass is 387 g/mol.